The normalized spacial score (nSPS) is 13.6. The molecule has 17 heavy (non-hydrogen) atoms. The van der Waals surface area contributed by atoms with E-state index in [9.17, 15) is 4.79 Å². The fraction of sp³-hybridized carbons (Fsp3) is 0.231. The predicted octanol–water partition coefficient (Wildman–Crippen LogP) is 0.964. The molecule has 2 N–H and O–H groups in total. The SMILES string of the molecule is O=c1[nH]c(Cc2ccccc2)nc2c1CNC2. The predicted molar refractivity (Wildman–Crippen MR) is 64.6 cm³/mol. The number of nitrogens with zero attached hydrogens (tertiary/aromatic N) is 1. The van der Waals surface area contributed by atoms with Crippen LogP contribution in [0.5, 0.6) is 0 Å². The van der Waals surface area contributed by atoms with E-state index in [-0.39, 0.29) is 5.56 Å². The van der Waals surface area contributed by atoms with E-state index in [0.717, 1.165) is 22.6 Å². The lowest BCUT2D eigenvalue weighted by Gasteiger charge is -2.03. The summed E-state index contributed by atoms with van der Waals surface area (Å²) >= 11 is 0. The molecular weight excluding hydrogens is 214 g/mol. The van der Waals surface area contributed by atoms with Crippen molar-refractivity contribution in [1.82, 2.24) is 15.3 Å². The van der Waals surface area contributed by atoms with E-state index in [0.29, 0.717) is 19.5 Å². The second-order valence-electron chi connectivity index (χ2n) is 4.20. The van der Waals surface area contributed by atoms with Gasteiger partial charge < -0.3 is 10.3 Å². The first-order valence-electron chi connectivity index (χ1n) is 5.68. The highest BCUT2D eigenvalue weighted by Crippen LogP contribution is 2.10. The Morgan fingerprint density at radius 1 is 1.18 bits per heavy atom. The molecule has 1 aromatic heterocycles. The Bertz CT molecular complexity index is 589. The Balaban J connectivity index is 1.95. The van der Waals surface area contributed by atoms with Crippen LogP contribution in [-0.2, 0) is 19.5 Å². The molecule has 0 saturated heterocycles. The number of hydrogen-bond donors (Lipinski definition) is 2. The summed E-state index contributed by atoms with van der Waals surface area (Å²) in [6, 6.07) is 10.0. The Morgan fingerprint density at radius 3 is 2.82 bits per heavy atom. The van der Waals surface area contributed by atoms with Crippen molar-refractivity contribution in [1.29, 1.82) is 0 Å². The van der Waals surface area contributed by atoms with E-state index in [2.05, 4.69) is 15.3 Å². The Hall–Kier alpha value is -1.94. The van der Waals surface area contributed by atoms with Gasteiger partial charge in [0.1, 0.15) is 5.82 Å². The molecule has 0 fully saturated rings. The van der Waals surface area contributed by atoms with E-state index < -0.39 is 0 Å². The first-order valence-corrected chi connectivity index (χ1v) is 5.68. The van der Waals surface area contributed by atoms with Gasteiger partial charge >= 0.3 is 0 Å². The zero-order chi connectivity index (χ0) is 11.7. The van der Waals surface area contributed by atoms with Crippen LogP contribution < -0.4 is 10.9 Å². The number of aromatic nitrogens is 2. The molecule has 3 rings (SSSR count). The minimum atomic E-state index is -0.00840. The largest absolute Gasteiger partial charge is 0.310 e. The third-order valence-corrected chi connectivity index (χ3v) is 2.96. The standard InChI is InChI=1S/C13H13N3O/c17-13-10-7-14-8-11(10)15-12(16-13)6-9-4-2-1-3-5-9/h1-5,14H,6-8H2,(H,15,16,17). The lowest BCUT2D eigenvalue weighted by Crippen LogP contribution is -2.17. The van der Waals surface area contributed by atoms with Gasteiger partial charge in [0.05, 0.1) is 11.3 Å². The minimum Gasteiger partial charge on any atom is -0.310 e. The van der Waals surface area contributed by atoms with Crippen LogP contribution in [0.1, 0.15) is 22.6 Å². The molecule has 86 valence electrons. The average Bonchev–Trinajstić information content (AvgIpc) is 2.79. The number of hydrogen-bond acceptors (Lipinski definition) is 3. The molecule has 0 spiro atoms. The molecule has 2 aromatic rings. The average molecular weight is 227 g/mol. The van der Waals surface area contributed by atoms with Crippen molar-refractivity contribution in [3.63, 3.8) is 0 Å². The molecule has 0 bridgehead atoms. The smallest absolute Gasteiger partial charge is 0.255 e. The van der Waals surface area contributed by atoms with Crippen molar-refractivity contribution in [3.8, 4) is 0 Å². The van der Waals surface area contributed by atoms with Gasteiger partial charge in [-0.05, 0) is 5.56 Å². The van der Waals surface area contributed by atoms with Crippen molar-refractivity contribution in [2.45, 2.75) is 19.5 Å². The second-order valence-corrected chi connectivity index (χ2v) is 4.20. The Kier molecular flexibility index (Phi) is 2.49. The van der Waals surface area contributed by atoms with Crippen molar-refractivity contribution < 1.29 is 0 Å². The first-order chi connectivity index (χ1) is 8.33. The van der Waals surface area contributed by atoms with Gasteiger partial charge in [0.2, 0.25) is 0 Å². The number of benzene rings is 1. The first kappa shape index (κ1) is 10.2. The van der Waals surface area contributed by atoms with Gasteiger partial charge in [-0.25, -0.2) is 4.98 Å². The van der Waals surface area contributed by atoms with E-state index >= 15 is 0 Å². The van der Waals surface area contributed by atoms with Crippen LogP contribution in [0.2, 0.25) is 0 Å². The summed E-state index contributed by atoms with van der Waals surface area (Å²) in [5, 5.41) is 3.14. The van der Waals surface area contributed by atoms with Crippen LogP contribution >= 0.6 is 0 Å². The molecule has 1 aliphatic rings. The molecular formula is C13H13N3O. The fourth-order valence-electron chi connectivity index (χ4n) is 2.10. The Labute approximate surface area is 98.7 Å². The monoisotopic (exact) mass is 227 g/mol. The van der Waals surface area contributed by atoms with Crippen LogP contribution in [-0.4, -0.2) is 9.97 Å². The van der Waals surface area contributed by atoms with Gasteiger partial charge in [0.15, 0.2) is 0 Å². The summed E-state index contributed by atoms with van der Waals surface area (Å²) in [6.45, 7) is 1.32. The number of rotatable bonds is 2. The fourth-order valence-corrected chi connectivity index (χ4v) is 2.10. The van der Waals surface area contributed by atoms with Crippen LogP contribution in [0.25, 0.3) is 0 Å². The van der Waals surface area contributed by atoms with Crippen molar-refractivity contribution in [3.05, 3.63) is 63.3 Å². The van der Waals surface area contributed by atoms with E-state index in [1.54, 1.807) is 0 Å². The van der Waals surface area contributed by atoms with E-state index in [4.69, 9.17) is 0 Å². The van der Waals surface area contributed by atoms with Crippen molar-refractivity contribution in [2.75, 3.05) is 0 Å². The van der Waals surface area contributed by atoms with Gasteiger partial charge in [-0.3, -0.25) is 4.79 Å². The molecule has 0 radical (unpaired) electrons. The maximum absolute atomic E-state index is 11.8. The molecule has 0 saturated carbocycles. The molecule has 2 heterocycles. The van der Waals surface area contributed by atoms with Crippen LogP contribution in [0.3, 0.4) is 0 Å². The zero-order valence-corrected chi connectivity index (χ0v) is 9.36. The van der Waals surface area contributed by atoms with Crippen LogP contribution in [0.4, 0.5) is 0 Å². The highest BCUT2D eigenvalue weighted by molar-refractivity contribution is 5.24. The third-order valence-electron chi connectivity index (χ3n) is 2.96. The molecule has 0 atom stereocenters. The summed E-state index contributed by atoms with van der Waals surface area (Å²) in [4.78, 5) is 19.1. The summed E-state index contributed by atoms with van der Waals surface area (Å²) in [6.07, 6.45) is 0.670. The second kappa shape index (κ2) is 4.14. The summed E-state index contributed by atoms with van der Waals surface area (Å²) in [5.74, 6) is 0.739. The maximum Gasteiger partial charge on any atom is 0.255 e. The zero-order valence-electron chi connectivity index (χ0n) is 9.36. The topological polar surface area (TPSA) is 57.8 Å². The van der Waals surface area contributed by atoms with Crippen molar-refractivity contribution in [2.24, 2.45) is 0 Å². The summed E-state index contributed by atoms with van der Waals surface area (Å²) < 4.78 is 0. The molecule has 0 amide bonds. The number of aromatic amines is 1. The van der Waals surface area contributed by atoms with Crippen LogP contribution in [0.15, 0.2) is 35.1 Å². The molecule has 1 aromatic carbocycles. The number of H-pyrrole nitrogens is 1. The molecule has 4 heteroatoms. The highest BCUT2D eigenvalue weighted by Gasteiger charge is 2.16. The molecule has 1 aliphatic heterocycles. The van der Waals surface area contributed by atoms with Gasteiger partial charge in [0.25, 0.3) is 5.56 Å². The molecule has 4 nitrogen and oxygen atoms in total. The van der Waals surface area contributed by atoms with Gasteiger partial charge in [-0.15, -0.1) is 0 Å². The summed E-state index contributed by atoms with van der Waals surface area (Å²) in [7, 11) is 0. The minimum absolute atomic E-state index is 0.00840. The maximum atomic E-state index is 11.8. The number of nitrogens with one attached hydrogen (secondary N) is 2. The number of fused-ring (bicyclic) bond motifs is 1. The lowest BCUT2D eigenvalue weighted by atomic mass is 10.1. The van der Waals surface area contributed by atoms with Crippen molar-refractivity contribution >= 4 is 0 Å². The highest BCUT2D eigenvalue weighted by atomic mass is 16.1. The van der Waals surface area contributed by atoms with Gasteiger partial charge in [0, 0.05) is 19.5 Å². The molecule has 0 aliphatic carbocycles. The van der Waals surface area contributed by atoms with E-state index in [1.165, 1.54) is 0 Å². The summed E-state index contributed by atoms with van der Waals surface area (Å²) in [5.41, 5.74) is 2.81. The van der Waals surface area contributed by atoms with Crippen LogP contribution in [0, 0.1) is 0 Å². The van der Waals surface area contributed by atoms with E-state index in [1.807, 2.05) is 30.3 Å². The quantitative estimate of drug-likeness (QED) is 0.803. The van der Waals surface area contributed by atoms with Gasteiger partial charge in [-0.1, -0.05) is 30.3 Å². The lowest BCUT2D eigenvalue weighted by molar-refractivity contribution is 0.755. The van der Waals surface area contributed by atoms with Gasteiger partial charge in [-0.2, -0.15) is 0 Å². The third kappa shape index (κ3) is 1.99. The Morgan fingerprint density at radius 2 is 2.00 bits per heavy atom. The molecule has 0 unspecified atom stereocenters.